The molecule has 0 bridgehead atoms. The zero-order chi connectivity index (χ0) is 12.6. The number of carbonyl (C=O) groups excluding carboxylic acids is 2. The minimum absolute atomic E-state index is 0.0111. The highest BCUT2D eigenvalue weighted by molar-refractivity contribution is 5.95. The summed E-state index contributed by atoms with van der Waals surface area (Å²) >= 11 is 0. The van der Waals surface area contributed by atoms with Gasteiger partial charge in [0.1, 0.15) is 12.6 Å². The third-order valence-corrected chi connectivity index (χ3v) is 4.33. The first kappa shape index (κ1) is 12.4. The van der Waals surface area contributed by atoms with Crippen LogP contribution in [0.15, 0.2) is 0 Å². The summed E-state index contributed by atoms with van der Waals surface area (Å²) < 4.78 is 0. The molecule has 1 N–H and O–H groups in total. The average Bonchev–Trinajstić information content (AvgIpc) is 2.21. The average molecular weight is 238 g/mol. The Labute approximate surface area is 103 Å². The van der Waals surface area contributed by atoms with Crippen LogP contribution in [0.3, 0.4) is 0 Å². The molecule has 1 saturated carbocycles. The van der Waals surface area contributed by atoms with E-state index in [0.717, 1.165) is 19.3 Å². The molecular formula is C13H22N2O2. The van der Waals surface area contributed by atoms with E-state index in [-0.39, 0.29) is 35.9 Å². The van der Waals surface area contributed by atoms with E-state index in [1.807, 2.05) is 18.7 Å². The van der Waals surface area contributed by atoms with Gasteiger partial charge < -0.3 is 10.2 Å². The fourth-order valence-electron chi connectivity index (χ4n) is 2.92. The molecule has 0 aromatic heterocycles. The van der Waals surface area contributed by atoms with E-state index in [1.165, 1.54) is 6.42 Å². The van der Waals surface area contributed by atoms with Gasteiger partial charge in [-0.1, -0.05) is 20.8 Å². The largest absolute Gasteiger partial charge is 0.343 e. The maximum absolute atomic E-state index is 12.4. The maximum Gasteiger partial charge on any atom is 0.246 e. The lowest BCUT2D eigenvalue weighted by atomic mass is 9.72. The summed E-state index contributed by atoms with van der Waals surface area (Å²) in [6.07, 6.45) is 4.23. The van der Waals surface area contributed by atoms with Crippen LogP contribution in [-0.2, 0) is 9.59 Å². The fraction of sp³-hybridized carbons (Fsp3) is 0.846. The molecule has 0 radical (unpaired) electrons. The molecule has 1 heterocycles. The zero-order valence-corrected chi connectivity index (χ0v) is 11.0. The van der Waals surface area contributed by atoms with Gasteiger partial charge in [0.05, 0.1) is 0 Å². The first-order valence-corrected chi connectivity index (χ1v) is 6.61. The molecule has 2 rings (SSSR count). The normalized spacial score (nSPS) is 28.0. The van der Waals surface area contributed by atoms with Gasteiger partial charge in [-0.15, -0.1) is 0 Å². The lowest BCUT2D eigenvalue weighted by Crippen LogP contribution is -2.67. The summed E-state index contributed by atoms with van der Waals surface area (Å²) in [6.45, 7) is 6.32. The zero-order valence-electron chi connectivity index (χ0n) is 11.0. The number of amides is 2. The Morgan fingerprint density at radius 2 is 2.06 bits per heavy atom. The van der Waals surface area contributed by atoms with Crippen molar-refractivity contribution < 1.29 is 9.59 Å². The van der Waals surface area contributed by atoms with Gasteiger partial charge in [0.25, 0.3) is 0 Å². The first-order chi connectivity index (χ1) is 8.00. The Bertz CT molecular complexity index is 329. The number of carbonyl (C=O) groups is 2. The van der Waals surface area contributed by atoms with Crippen LogP contribution >= 0.6 is 0 Å². The molecule has 1 unspecified atom stereocenters. The summed E-state index contributed by atoms with van der Waals surface area (Å²) in [7, 11) is 0. The minimum atomic E-state index is -0.333. The molecule has 4 heteroatoms. The topological polar surface area (TPSA) is 49.4 Å². The lowest BCUT2D eigenvalue weighted by Gasteiger charge is -2.52. The third kappa shape index (κ3) is 1.94. The maximum atomic E-state index is 12.4. The molecule has 96 valence electrons. The van der Waals surface area contributed by atoms with E-state index >= 15 is 0 Å². The van der Waals surface area contributed by atoms with Crippen molar-refractivity contribution in [2.45, 2.75) is 58.0 Å². The number of piperazine rings is 1. The van der Waals surface area contributed by atoms with Crippen LogP contribution in [0.1, 0.15) is 46.5 Å². The number of hydrogen-bond donors (Lipinski definition) is 1. The Morgan fingerprint density at radius 3 is 2.47 bits per heavy atom. The molecule has 1 atom stereocenters. The van der Waals surface area contributed by atoms with Gasteiger partial charge in [0.2, 0.25) is 11.8 Å². The Kier molecular flexibility index (Phi) is 3.15. The Morgan fingerprint density at radius 1 is 1.41 bits per heavy atom. The smallest absolute Gasteiger partial charge is 0.246 e. The van der Waals surface area contributed by atoms with Crippen molar-refractivity contribution in [1.29, 1.82) is 0 Å². The number of rotatable bonds is 3. The molecule has 1 saturated heterocycles. The molecule has 2 amide bonds. The quantitative estimate of drug-likeness (QED) is 0.805. The van der Waals surface area contributed by atoms with Crippen LogP contribution in [-0.4, -0.2) is 34.8 Å². The Hall–Kier alpha value is -1.06. The van der Waals surface area contributed by atoms with Crippen molar-refractivity contribution >= 4 is 11.8 Å². The molecule has 1 aliphatic heterocycles. The second-order valence-corrected chi connectivity index (χ2v) is 5.65. The molecule has 0 aromatic carbocycles. The lowest BCUT2D eigenvalue weighted by molar-refractivity contribution is -0.156. The van der Waals surface area contributed by atoms with Crippen molar-refractivity contribution in [3.63, 3.8) is 0 Å². The van der Waals surface area contributed by atoms with Crippen LogP contribution in [0.25, 0.3) is 0 Å². The van der Waals surface area contributed by atoms with E-state index < -0.39 is 0 Å². The highest BCUT2D eigenvalue weighted by Crippen LogP contribution is 2.41. The van der Waals surface area contributed by atoms with E-state index in [1.54, 1.807) is 0 Å². The van der Waals surface area contributed by atoms with E-state index in [9.17, 15) is 9.59 Å². The van der Waals surface area contributed by atoms with Gasteiger partial charge in [-0.2, -0.15) is 0 Å². The second kappa shape index (κ2) is 4.31. The van der Waals surface area contributed by atoms with Crippen LogP contribution in [0.4, 0.5) is 0 Å². The van der Waals surface area contributed by atoms with Crippen molar-refractivity contribution in [3.05, 3.63) is 0 Å². The van der Waals surface area contributed by atoms with Gasteiger partial charge in [-0.3, -0.25) is 9.59 Å². The summed E-state index contributed by atoms with van der Waals surface area (Å²) in [5.74, 6) is 0.257. The van der Waals surface area contributed by atoms with Gasteiger partial charge in [-0.05, 0) is 31.6 Å². The van der Waals surface area contributed by atoms with Crippen LogP contribution < -0.4 is 5.32 Å². The highest BCUT2D eigenvalue weighted by atomic mass is 16.2. The predicted molar refractivity (Wildman–Crippen MR) is 65.4 cm³/mol. The van der Waals surface area contributed by atoms with Crippen LogP contribution in [0.5, 0.6) is 0 Å². The molecule has 4 nitrogen and oxygen atoms in total. The molecular weight excluding hydrogens is 216 g/mol. The monoisotopic (exact) mass is 238 g/mol. The predicted octanol–water partition coefficient (Wildman–Crippen LogP) is 1.30. The first-order valence-electron chi connectivity index (χ1n) is 6.61. The Balaban J connectivity index is 2.21. The van der Waals surface area contributed by atoms with Crippen LogP contribution in [0.2, 0.25) is 0 Å². The van der Waals surface area contributed by atoms with Gasteiger partial charge in [0, 0.05) is 5.54 Å². The van der Waals surface area contributed by atoms with E-state index in [0.29, 0.717) is 0 Å². The van der Waals surface area contributed by atoms with Crippen molar-refractivity contribution in [2.75, 3.05) is 6.54 Å². The summed E-state index contributed by atoms with van der Waals surface area (Å²) in [4.78, 5) is 26.0. The van der Waals surface area contributed by atoms with Crippen LogP contribution in [0, 0.1) is 5.92 Å². The molecule has 17 heavy (non-hydrogen) atoms. The fourth-order valence-corrected chi connectivity index (χ4v) is 2.92. The number of nitrogens with zero attached hydrogens (tertiary/aromatic N) is 1. The minimum Gasteiger partial charge on any atom is -0.343 e. The highest BCUT2D eigenvalue weighted by Gasteiger charge is 2.48. The standard InChI is InChI=1S/C13H22N2O2/c1-4-13(6-5-7-13)15-8-10(16)14-11(9(2)3)12(15)17/h9,11H,4-8H2,1-3H3,(H,14,16). The SMILES string of the molecule is CCC1(N2CC(=O)NC(C(C)C)C2=O)CCC1. The van der Waals surface area contributed by atoms with Gasteiger partial charge in [-0.25, -0.2) is 0 Å². The molecule has 2 fully saturated rings. The van der Waals surface area contributed by atoms with E-state index in [4.69, 9.17) is 0 Å². The van der Waals surface area contributed by atoms with E-state index in [2.05, 4.69) is 12.2 Å². The van der Waals surface area contributed by atoms with Crippen molar-refractivity contribution in [3.8, 4) is 0 Å². The second-order valence-electron chi connectivity index (χ2n) is 5.65. The van der Waals surface area contributed by atoms with Crippen molar-refractivity contribution in [2.24, 2.45) is 5.92 Å². The molecule has 2 aliphatic rings. The molecule has 0 spiro atoms. The van der Waals surface area contributed by atoms with Crippen molar-refractivity contribution in [1.82, 2.24) is 10.2 Å². The van der Waals surface area contributed by atoms with Gasteiger partial charge >= 0.3 is 0 Å². The molecule has 1 aliphatic carbocycles. The number of nitrogens with one attached hydrogen (secondary N) is 1. The molecule has 0 aromatic rings. The van der Waals surface area contributed by atoms with Gasteiger partial charge in [0.15, 0.2) is 0 Å². The summed E-state index contributed by atoms with van der Waals surface area (Å²) in [5.41, 5.74) is -0.0258. The number of hydrogen-bond acceptors (Lipinski definition) is 2. The summed E-state index contributed by atoms with van der Waals surface area (Å²) in [5, 5.41) is 2.81. The summed E-state index contributed by atoms with van der Waals surface area (Å²) in [6, 6.07) is -0.333. The third-order valence-electron chi connectivity index (χ3n) is 4.33.